The summed E-state index contributed by atoms with van der Waals surface area (Å²) in [4.78, 5) is 5.17. The molecule has 1 N–H and O–H groups in total. The van der Waals surface area contributed by atoms with Gasteiger partial charge in [0.15, 0.2) is 11.5 Å². The summed E-state index contributed by atoms with van der Waals surface area (Å²) >= 11 is 1.50. The van der Waals surface area contributed by atoms with E-state index >= 15 is 0 Å². The van der Waals surface area contributed by atoms with Gasteiger partial charge in [0.05, 0.1) is 7.11 Å². The van der Waals surface area contributed by atoms with Crippen LogP contribution in [0.25, 0.3) is 6.08 Å². The van der Waals surface area contributed by atoms with Gasteiger partial charge in [-0.25, -0.2) is 4.99 Å². The van der Waals surface area contributed by atoms with Crippen LogP contribution < -0.4 is 9.47 Å². The lowest BCUT2D eigenvalue weighted by atomic mass is 10.2. The van der Waals surface area contributed by atoms with E-state index in [2.05, 4.69) is 9.73 Å². The third-order valence-electron chi connectivity index (χ3n) is 3.17. The molecule has 1 atom stereocenters. The second-order valence-electron chi connectivity index (χ2n) is 4.72. The molecular weight excluding hydrogens is 340 g/mol. The second kappa shape index (κ2) is 6.98. The summed E-state index contributed by atoms with van der Waals surface area (Å²) < 4.78 is 39.4. The van der Waals surface area contributed by atoms with Gasteiger partial charge in [-0.2, -0.15) is 8.78 Å². The molecule has 0 bridgehead atoms. The summed E-state index contributed by atoms with van der Waals surface area (Å²) in [6.07, 6.45) is 0.526. The molecule has 0 saturated carbocycles. The maximum absolute atomic E-state index is 12.4. The summed E-state index contributed by atoms with van der Waals surface area (Å²) in [6.45, 7) is -2.95. The van der Waals surface area contributed by atoms with E-state index in [1.54, 1.807) is 6.08 Å². The maximum atomic E-state index is 12.4. The smallest absolute Gasteiger partial charge is 0.387 e. The third kappa shape index (κ3) is 3.55. The molecular formula is C16H13F2NO4S. The van der Waals surface area contributed by atoms with Crippen LogP contribution in [0.3, 0.4) is 0 Å². The number of aliphatic hydroxyl groups is 1. The van der Waals surface area contributed by atoms with Crippen molar-refractivity contribution >= 4 is 23.3 Å². The van der Waals surface area contributed by atoms with Crippen LogP contribution in [-0.2, 0) is 4.74 Å². The fourth-order valence-corrected chi connectivity index (χ4v) is 2.77. The first-order valence-electron chi connectivity index (χ1n) is 6.88. The minimum atomic E-state index is -2.95. The highest BCUT2D eigenvalue weighted by Crippen LogP contribution is 2.31. The van der Waals surface area contributed by atoms with Crippen molar-refractivity contribution in [2.24, 2.45) is 4.99 Å². The summed E-state index contributed by atoms with van der Waals surface area (Å²) in [5.41, 5.74) is 0.835. The predicted molar refractivity (Wildman–Crippen MR) is 85.6 cm³/mol. The van der Waals surface area contributed by atoms with E-state index in [4.69, 9.17) is 9.47 Å². The van der Waals surface area contributed by atoms with E-state index in [0.29, 0.717) is 11.3 Å². The number of halogens is 2. The topological polar surface area (TPSA) is 60.3 Å². The zero-order valence-electron chi connectivity index (χ0n) is 12.5. The van der Waals surface area contributed by atoms with Crippen LogP contribution in [0, 0.1) is 0 Å². The van der Waals surface area contributed by atoms with Crippen LogP contribution in [0.5, 0.6) is 11.5 Å². The number of rotatable bonds is 5. The molecule has 2 heterocycles. The molecule has 0 saturated heterocycles. The first-order chi connectivity index (χ1) is 11.6. The standard InChI is InChI=1S/C16H13F2NO4S/c1-21-13-7-9(4-5-12(13)22-16(17)18)14-19-11(15(20)23-14)8-10-3-2-6-24-10/h2-8,15-16,20H,1H3/b11-8+. The fourth-order valence-electron chi connectivity index (χ4n) is 2.11. The Labute approximate surface area is 140 Å². The summed E-state index contributed by atoms with van der Waals surface area (Å²) in [5.74, 6) is 0.196. The van der Waals surface area contributed by atoms with Gasteiger partial charge >= 0.3 is 6.61 Å². The summed E-state index contributed by atoms with van der Waals surface area (Å²) in [5, 5.41) is 11.9. The average molecular weight is 353 g/mol. The molecule has 1 aliphatic heterocycles. The number of nitrogens with zero attached hydrogens (tertiary/aromatic N) is 1. The molecule has 0 aliphatic carbocycles. The SMILES string of the molecule is COc1cc(C2=N/C(=C/c3cccs3)C(O)O2)ccc1OC(F)F. The fraction of sp³-hybridized carbons (Fsp3) is 0.188. The van der Waals surface area contributed by atoms with Gasteiger partial charge in [0.1, 0.15) is 5.70 Å². The minimum absolute atomic E-state index is 0.0928. The Bertz CT molecular complexity index is 774. The van der Waals surface area contributed by atoms with Crippen LogP contribution >= 0.6 is 11.3 Å². The molecule has 24 heavy (non-hydrogen) atoms. The number of hydrogen-bond acceptors (Lipinski definition) is 6. The first-order valence-corrected chi connectivity index (χ1v) is 7.76. The van der Waals surface area contributed by atoms with Crippen LogP contribution in [0.2, 0.25) is 0 Å². The predicted octanol–water partition coefficient (Wildman–Crippen LogP) is 3.49. The number of aliphatic hydroxyl groups excluding tert-OH is 1. The number of hydrogen-bond donors (Lipinski definition) is 1. The molecule has 0 spiro atoms. The van der Waals surface area contributed by atoms with Gasteiger partial charge in [-0.3, -0.25) is 0 Å². The summed E-state index contributed by atoms with van der Waals surface area (Å²) in [6, 6.07) is 8.06. The van der Waals surface area contributed by atoms with Crippen molar-refractivity contribution in [3.8, 4) is 11.5 Å². The molecule has 126 valence electrons. The average Bonchev–Trinajstić information content (AvgIpc) is 3.18. The zero-order chi connectivity index (χ0) is 17.1. The Balaban J connectivity index is 1.89. The Morgan fingerprint density at radius 2 is 2.17 bits per heavy atom. The zero-order valence-corrected chi connectivity index (χ0v) is 13.3. The van der Waals surface area contributed by atoms with Crippen LogP contribution in [-0.4, -0.2) is 31.0 Å². The first kappa shape index (κ1) is 16.4. The van der Waals surface area contributed by atoms with Crippen molar-refractivity contribution in [2.75, 3.05) is 7.11 Å². The second-order valence-corrected chi connectivity index (χ2v) is 5.70. The molecule has 1 aliphatic rings. The number of alkyl halides is 2. The van der Waals surface area contributed by atoms with E-state index in [0.717, 1.165) is 4.88 Å². The molecule has 0 radical (unpaired) electrons. The molecule has 0 amide bonds. The number of benzene rings is 1. The normalized spacial score (nSPS) is 18.6. The molecule has 1 aromatic carbocycles. The van der Waals surface area contributed by atoms with E-state index in [9.17, 15) is 13.9 Å². The molecule has 5 nitrogen and oxygen atoms in total. The number of methoxy groups -OCH3 is 1. The van der Waals surface area contributed by atoms with Gasteiger partial charge in [-0.05, 0) is 35.7 Å². The number of thiophene rings is 1. The summed E-state index contributed by atoms with van der Waals surface area (Å²) in [7, 11) is 1.34. The van der Waals surface area contributed by atoms with E-state index in [1.165, 1.54) is 36.6 Å². The molecule has 8 heteroatoms. The molecule has 2 aromatic rings. The number of aliphatic imine (C=N–C) groups is 1. The Hall–Kier alpha value is -2.45. The minimum Gasteiger partial charge on any atom is -0.493 e. The monoisotopic (exact) mass is 353 g/mol. The van der Waals surface area contributed by atoms with Crippen molar-refractivity contribution in [1.29, 1.82) is 0 Å². The molecule has 0 fully saturated rings. The van der Waals surface area contributed by atoms with E-state index in [1.807, 2.05) is 17.5 Å². The van der Waals surface area contributed by atoms with Crippen molar-refractivity contribution < 1.29 is 28.1 Å². The number of ether oxygens (including phenoxy) is 3. The van der Waals surface area contributed by atoms with Gasteiger partial charge in [0, 0.05) is 10.4 Å². The Morgan fingerprint density at radius 3 is 2.83 bits per heavy atom. The van der Waals surface area contributed by atoms with Gasteiger partial charge in [-0.1, -0.05) is 6.07 Å². The molecule has 1 unspecified atom stereocenters. The highest BCUT2D eigenvalue weighted by molar-refractivity contribution is 7.10. The highest BCUT2D eigenvalue weighted by Gasteiger charge is 2.25. The van der Waals surface area contributed by atoms with Crippen LogP contribution in [0.4, 0.5) is 8.78 Å². The molecule has 1 aromatic heterocycles. The Morgan fingerprint density at radius 1 is 1.33 bits per heavy atom. The van der Waals surface area contributed by atoms with Gasteiger partial charge in [-0.15, -0.1) is 11.3 Å². The van der Waals surface area contributed by atoms with Crippen molar-refractivity contribution in [2.45, 2.75) is 12.9 Å². The lowest BCUT2D eigenvalue weighted by molar-refractivity contribution is -0.0512. The van der Waals surface area contributed by atoms with Crippen LogP contribution in [0.1, 0.15) is 10.4 Å². The van der Waals surface area contributed by atoms with Crippen molar-refractivity contribution in [3.05, 3.63) is 51.8 Å². The van der Waals surface area contributed by atoms with Gasteiger partial charge < -0.3 is 19.3 Å². The van der Waals surface area contributed by atoms with Crippen molar-refractivity contribution in [3.63, 3.8) is 0 Å². The highest BCUT2D eigenvalue weighted by atomic mass is 32.1. The maximum Gasteiger partial charge on any atom is 0.387 e. The van der Waals surface area contributed by atoms with E-state index < -0.39 is 12.9 Å². The van der Waals surface area contributed by atoms with Gasteiger partial charge in [0.2, 0.25) is 12.2 Å². The van der Waals surface area contributed by atoms with E-state index in [-0.39, 0.29) is 17.4 Å². The quantitative estimate of drug-likeness (QED) is 0.894. The Kier molecular flexibility index (Phi) is 4.77. The van der Waals surface area contributed by atoms with Crippen molar-refractivity contribution in [1.82, 2.24) is 0 Å². The lowest BCUT2D eigenvalue weighted by Gasteiger charge is -2.11. The third-order valence-corrected chi connectivity index (χ3v) is 3.99. The largest absolute Gasteiger partial charge is 0.493 e. The van der Waals surface area contributed by atoms with Gasteiger partial charge in [0.25, 0.3) is 0 Å². The van der Waals surface area contributed by atoms with Crippen LogP contribution in [0.15, 0.2) is 46.4 Å². The lowest BCUT2D eigenvalue weighted by Crippen LogP contribution is -2.11. The molecule has 3 rings (SSSR count).